The number of methoxy groups -OCH3 is 1. The zero-order valence-corrected chi connectivity index (χ0v) is 10.8. The van der Waals surface area contributed by atoms with Gasteiger partial charge in [0.1, 0.15) is 0 Å². The minimum Gasteiger partial charge on any atom is -0.481 e. The van der Waals surface area contributed by atoms with Gasteiger partial charge < -0.3 is 4.74 Å². The van der Waals surface area contributed by atoms with E-state index in [0.29, 0.717) is 11.9 Å². The Balaban J connectivity index is 2.43. The van der Waals surface area contributed by atoms with Crippen LogP contribution in [0.2, 0.25) is 0 Å². The summed E-state index contributed by atoms with van der Waals surface area (Å²) in [6.07, 6.45) is 7.59. The molecule has 1 unspecified atom stereocenters. The van der Waals surface area contributed by atoms with E-state index in [9.17, 15) is 0 Å². The summed E-state index contributed by atoms with van der Waals surface area (Å²) in [6.45, 7) is 2.21. The van der Waals surface area contributed by atoms with E-state index in [-0.39, 0.29) is 0 Å². The molecule has 0 aliphatic rings. The highest BCUT2D eigenvalue weighted by atomic mass is 16.5. The van der Waals surface area contributed by atoms with E-state index in [1.165, 1.54) is 24.8 Å². The summed E-state index contributed by atoms with van der Waals surface area (Å²) in [5, 5.41) is 0. The molecule has 17 heavy (non-hydrogen) atoms. The van der Waals surface area contributed by atoms with Crippen molar-refractivity contribution < 1.29 is 4.74 Å². The van der Waals surface area contributed by atoms with Gasteiger partial charge >= 0.3 is 0 Å². The Labute approximate surface area is 104 Å². The van der Waals surface area contributed by atoms with Crippen molar-refractivity contribution in [1.82, 2.24) is 10.4 Å². The summed E-state index contributed by atoms with van der Waals surface area (Å²) < 4.78 is 5.03. The molecular formula is C13H23N3O. The molecule has 0 saturated carbocycles. The summed E-state index contributed by atoms with van der Waals surface area (Å²) in [7, 11) is 1.62. The molecule has 4 heteroatoms. The lowest BCUT2D eigenvalue weighted by atomic mass is 10.0. The van der Waals surface area contributed by atoms with Gasteiger partial charge in [-0.3, -0.25) is 11.3 Å². The van der Waals surface area contributed by atoms with Crippen molar-refractivity contribution in [2.45, 2.75) is 45.1 Å². The number of aromatic nitrogens is 1. The maximum absolute atomic E-state index is 5.56. The maximum Gasteiger partial charge on any atom is 0.212 e. The molecule has 3 N–H and O–H groups in total. The molecule has 0 spiro atoms. The van der Waals surface area contributed by atoms with Gasteiger partial charge in [-0.2, -0.15) is 0 Å². The quantitative estimate of drug-likeness (QED) is 0.413. The van der Waals surface area contributed by atoms with Crippen LogP contribution in [0.15, 0.2) is 18.3 Å². The van der Waals surface area contributed by atoms with Crippen molar-refractivity contribution in [1.29, 1.82) is 0 Å². The van der Waals surface area contributed by atoms with E-state index in [2.05, 4.69) is 17.3 Å². The maximum atomic E-state index is 5.56. The largest absolute Gasteiger partial charge is 0.481 e. The second-order valence-electron chi connectivity index (χ2n) is 4.27. The molecule has 0 fully saturated rings. The summed E-state index contributed by atoms with van der Waals surface area (Å²) in [5.74, 6) is 6.21. The first-order valence-corrected chi connectivity index (χ1v) is 6.25. The van der Waals surface area contributed by atoms with Gasteiger partial charge in [-0.15, -0.1) is 0 Å². The van der Waals surface area contributed by atoms with Crippen LogP contribution in [0.3, 0.4) is 0 Å². The highest BCUT2D eigenvalue weighted by Crippen LogP contribution is 2.11. The molecule has 1 heterocycles. The van der Waals surface area contributed by atoms with E-state index in [4.69, 9.17) is 10.6 Å². The molecule has 1 aromatic heterocycles. The standard InChI is InChI=1S/C13H23N3O/c1-3-4-5-6-12(16-14)9-11-7-8-13(17-2)15-10-11/h7-8,10,12,16H,3-6,9,14H2,1-2H3. The molecule has 4 nitrogen and oxygen atoms in total. The molecule has 1 atom stereocenters. The van der Waals surface area contributed by atoms with E-state index >= 15 is 0 Å². The molecule has 1 rings (SSSR count). The van der Waals surface area contributed by atoms with E-state index in [1.807, 2.05) is 18.3 Å². The summed E-state index contributed by atoms with van der Waals surface area (Å²) in [4.78, 5) is 4.19. The van der Waals surface area contributed by atoms with Gasteiger partial charge in [-0.1, -0.05) is 32.3 Å². The molecule has 1 aromatic rings. The third kappa shape index (κ3) is 5.15. The predicted molar refractivity (Wildman–Crippen MR) is 69.7 cm³/mol. The Morgan fingerprint density at radius 2 is 2.24 bits per heavy atom. The third-order valence-electron chi connectivity index (χ3n) is 2.88. The molecule has 0 bridgehead atoms. The smallest absolute Gasteiger partial charge is 0.212 e. The lowest BCUT2D eigenvalue weighted by Gasteiger charge is -2.15. The van der Waals surface area contributed by atoms with Crippen molar-refractivity contribution in [2.75, 3.05) is 7.11 Å². The Morgan fingerprint density at radius 3 is 2.76 bits per heavy atom. The zero-order valence-electron chi connectivity index (χ0n) is 10.8. The fourth-order valence-corrected chi connectivity index (χ4v) is 1.82. The van der Waals surface area contributed by atoms with Gasteiger partial charge in [-0.25, -0.2) is 4.98 Å². The first-order chi connectivity index (χ1) is 8.30. The van der Waals surface area contributed by atoms with Gasteiger partial charge in [0, 0.05) is 18.3 Å². The van der Waals surface area contributed by atoms with Gasteiger partial charge in [0.15, 0.2) is 0 Å². The normalized spacial score (nSPS) is 12.4. The highest BCUT2D eigenvalue weighted by Gasteiger charge is 2.07. The average molecular weight is 237 g/mol. The fourth-order valence-electron chi connectivity index (χ4n) is 1.82. The lowest BCUT2D eigenvalue weighted by molar-refractivity contribution is 0.397. The van der Waals surface area contributed by atoms with Crippen LogP contribution >= 0.6 is 0 Å². The molecule has 0 aliphatic heterocycles. The number of pyridine rings is 1. The number of hydrazine groups is 1. The number of hydrogen-bond donors (Lipinski definition) is 2. The molecule has 0 amide bonds. The van der Waals surface area contributed by atoms with E-state index in [1.54, 1.807) is 7.11 Å². The lowest BCUT2D eigenvalue weighted by Crippen LogP contribution is -2.36. The summed E-state index contributed by atoms with van der Waals surface area (Å²) in [6, 6.07) is 4.25. The molecule has 0 aliphatic carbocycles. The van der Waals surface area contributed by atoms with Gasteiger partial charge in [0.2, 0.25) is 5.88 Å². The minimum atomic E-state index is 0.330. The van der Waals surface area contributed by atoms with Gasteiger partial charge in [0.25, 0.3) is 0 Å². The first kappa shape index (κ1) is 13.9. The van der Waals surface area contributed by atoms with Crippen molar-refractivity contribution >= 4 is 0 Å². The second kappa shape index (κ2) is 8.03. The molecular weight excluding hydrogens is 214 g/mol. The van der Waals surface area contributed by atoms with E-state index < -0.39 is 0 Å². The van der Waals surface area contributed by atoms with Crippen LogP contribution in [0.1, 0.15) is 38.2 Å². The van der Waals surface area contributed by atoms with Crippen molar-refractivity contribution in [3.8, 4) is 5.88 Å². The van der Waals surface area contributed by atoms with Crippen molar-refractivity contribution in [2.24, 2.45) is 5.84 Å². The van der Waals surface area contributed by atoms with Crippen LogP contribution < -0.4 is 16.0 Å². The number of nitrogens with one attached hydrogen (secondary N) is 1. The third-order valence-corrected chi connectivity index (χ3v) is 2.88. The van der Waals surface area contributed by atoms with Crippen LogP contribution in [-0.2, 0) is 6.42 Å². The predicted octanol–water partition coefficient (Wildman–Crippen LogP) is 2.04. The Hall–Kier alpha value is -1.13. The van der Waals surface area contributed by atoms with Crippen LogP contribution in [0, 0.1) is 0 Å². The minimum absolute atomic E-state index is 0.330. The zero-order chi connectivity index (χ0) is 12.5. The summed E-state index contributed by atoms with van der Waals surface area (Å²) >= 11 is 0. The molecule has 96 valence electrons. The fraction of sp³-hybridized carbons (Fsp3) is 0.615. The first-order valence-electron chi connectivity index (χ1n) is 6.25. The Morgan fingerprint density at radius 1 is 1.41 bits per heavy atom. The Bertz CT molecular complexity index is 300. The number of unbranched alkanes of at least 4 members (excludes halogenated alkanes) is 2. The summed E-state index contributed by atoms with van der Waals surface area (Å²) in [5.41, 5.74) is 4.06. The molecule has 0 aromatic carbocycles. The number of rotatable bonds is 8. The van der Waals surface area contributed by atoms with Gasteiger partial charge in [-0.05, 0) is 18.4 Å². The monoisotopic (exact) mass is 237 g/mol. The van der Waals surface area contributed by atoms with Crippen LogP contribution in [0.5, 0.6) is 5.88 Å². The Kier molecular flexibility index (Phi) is 6.58. The average Bonchev–Trinajstić information content (AvgIpc) is 2.38. The van der Waals surface area contributed by atoms with E-state index in [0.717, 1.165) is 12.8 Å². The van der Waals surface area contributed by atoms with Crippen molar-refractivity contribution in [3.63, 3.8) is 0 Å². The van der Waals surface area contributed by atoms with Gasteiger partial charge in [0.05, 0.1) is 7.11 Å². The SMILES string of the molecule is CCCCCC(Cc1ccc(OC)nc1)NN. The second-order valence-corrected chi connectivity index (χ2v) is 4.27. The highest BCUT2D eigenvalue weighted by molar-refractivity contribution is 5.18. The number of hydrogen-bond acceptors (Lipinski definition) is 4. The topological polar surface area (TPSA) is 60.2 Å². The molecule has 0 radical (unpaired) electrons. The number of nitrogens with two attached hydrogens (primary N) is 1. The number of nitrogens with zero attached hydrogens (tertiary/aromatic N) is 1. The van der Waals surface area contributed by atoms with Crippen molar-refractivity contribution in [3.05, 3.63) is 23.9 Å². The number of ether oxygens (including phenoxy) is 1. The van der Waals surface area contributed by atoms with Crippen LogP contribution in [-0.4, -0.2) is 18.1 Å². The van der Waals surface area contributed by atoms with Crippen LogP contribution in [0.25, 0.3) is 0 Å². The van der Waals surface area contributed by atoms with Crippen LogP contribution in [0.4, 0.5) is 0 Å². The molecule has 0 saturated heterocycles.